The van der Waals surface area contributed by atoms with Crippen LogP contribution in [0.25, 0.3) is 0 Å². The number of halogens is 1. The van der Waals surface area contributed by atoms with E-state index < -0.39 is 5.82 Å². The first-order valence-corrected chi connectivity index (χ1v) is 7.71. The Bertz CT molecular complexity index is 778. The first-order chi connectivity index (χ1) is 11.5. The molecule has 0 aromatic heterocycles. The van der Waals surface area contributed by atoms with Crippen LogP contribution < -0.4 is 15.5 Å². The standard InChI is InChI=1S/C18H18FN3O2/c1-12-4-2-6-14(8-12)20-18(24)21-15-10-17(23)22(11-15)16-7-3-5-13(19)9-16/h2-9,15H,10-11H2,1H3,(H2,20,21,24)/t15-/m1/s1. The van der Waals surface area contributed by atoms with Gasteiger partial charge in [0.15, 0.2) is 0 Å². The number of urea groups is 1. The molecule has 6 heteroatoms. The van der Waals surface area contributed by atoms with E-state index in [9.17, 15) is 14.0 Å². The number of carbonyl (C=O) groups excluding carboxylic acids is 2. The van der Waals surface area contributed by atoms with Crippen LogP contribution in [0.1, 0.15) is 12.0 Å². The highest BCUT2D eigenvalue weighted by molar-refractivity contribution is 5.97. The lowest BCUT2D eigenvalue weighted by Crippen LogP contribution is -2.39. The van der Waals surface area contributed by atoms with Crippen LogP contribution in [0.4, 0.5) is 20.6 Å². The van der Waals surface area contributed by atoms with Gasteiger partial charge in [-0.25, -0.2) is 9.18 Å². The summed E-state index contributed by atoms with van der Waals surface area (Å²) in [6, 6.07) is 12.7. The number of benzene rings is 2. The molecular weight excluding hydrogens is 309 g/mol. The third kappa shape index (κ3) is 3.71. The molecule has 24 heavy (non-hydrogen) atoms. The number of hydrogen-bond acceptors (Lipinski definition) is 2. The van der Waals surface area contributed by atoms with Crippen LogP contribution in [0.15, 0.2) is 48.5 Å². The van der Waals surface area contributed by atoms with Crippen molar-refractivity contribution in [3.63, 3.8) is 0 Å². The van der Waals surface area contributed by atoms with Crippen LogP contribution in [-0.4, -0.2) is 24.5 Å². The molecule has 0 spiro atoms. The van der Waals surface area contributed by atoms with E-state index in [4.69, 9.17) is 0 Å². The highest BCUT2D eigenvalue weighted by Crippen LogP contribution is 2.22. The van der Waals surface area contributed by atoms with E-state index in [1.165, 1.54) is 17.0 Å². The number of hydrogen-bond donors (Lipinski definition) is 2. The summed E-state index contributed by atoms with van der Waals surface area (Å²) in [6.45, 7) is 2.26. The van der Waals surface area contributed by atoms with Gasteiger partial charge in [-0.15, -0.1) is 0 Å². The van der Waals surface area contributed by atoms with Crippen molar-refractivity contribution in [2.24, 2.45) is 0 Å². The molecule has 124 valence electrons. The second-order valence-corrected chi connectivity index (χ2v) is 5.85. The minimum Gasteiger partial charge on any atom is -0.333 e. The summed E-state index contributed by atoms with van der Waals surface area (Å²) < 4.78 is 13.3. The summed E-state index contributed by atoms with van der Waals surface area (Å²) >= 11 is 0. The lowest BCUT2D eigenvalue weighted by atomic mass is 10.2. The molecule has 3 amide bonds. The Morgan fingerprint density at radius 2 is 2.00 bits per heavy atom. The third-order valence-corrected chi connectivity index (χ3v) is 3.86. The predicted octanol–water partition coefficient (Wildman–Crippen LogP) is 3.06. The van der Waals surface area contributed by atoms with Crippen LogP contribution in [0.5, 0.6) is 0 Å². The van der Waals surface area contributed by atoms with Crippen LogP contribution >= 0.6 is 0 Å². The molecule has 2 aromatic rings. The highest BCUT2D eigenvalue weighted by atomic mass is 19.1. The normalized spacial score (nSPS) is 17.0. The third-order valence-electron chi connectivity index (χ3n) is 3.86. The fourth-order valence-corrected chi connectivity index (χ4v) is 2.77. The van der Waals surface area contributed by atoms with Crippen molar-refractivity contribution in [1.82, 2.24) is 5.32 Å². The van der Waals surface area contributed by atoms with Gasteiger partial charge in [0.25, 0.3) is 0 Å². The molecule has 3 rings (SSSR count). The van der Waals surface area contributed by atoms with Gasteiger partial charge in [0.2, 0.25) is 5.91 Å². The molecule has 0 aliphatic carbocycles. The average Bonchev–Trinajstić information content (AvgIpc) is 2.87. The molecule has 0 radical (unpaired) electrons. The van der Waals surface area contributed by atoms with Crippen LogP contribution in [0, 0.1) is 12.7 Å². The second kappa shape index (κ2) is 6.70. The fourth-order valence-electron chi connectivity index (χ4n) is 2.77. The quantitative estimate of drug-likeness (QED) is 0.910. The van der Waals surface area contributed by atoms with Gasteiger partial charge in [-0.05, 0) is 42.8 Å². The Kier molecular flexibility index (Phi) is 4.46. The van der Waals surface area contributed by atoms with E-state index in [0.717, 1.165) is 5.56 Å². The van der Waals surface area contributed by atoms with Gasteiger partial charge >= 0.3 is 6.03 Å². The summed E-state index contributed by atoms with van der Waals surface area (Å²) in [6.07, 6.45) is 0.192. The van der Waals surface area contributed by atoms with E-state index in [-0.39, 0.29) is 24.4 Å². The summed E-state index contributed by atoms with van der Waals surface area (Å²) in [5.74, 6) is -0.532. The zero-order chi connectivity index (χ0) is 17.1. The Hall–Kier alpha value is -2.89. The zero-order valence-electron chi connectivity index (χ0n) is 13.3. The molecule has 2 aromatic carbocycles. The fraction of sp³-hybridized carbons (Fsp3) is 0.222. The van der Waals surface area contributed by atoms with E-state index in [0.29, 0.717) is 17.9 Å². The SMILES string of the molecule is Cc1cccc(NC(=O)N[C@@H]2CC(=O)N(c3cccc(F)c3)C2)c1. The van der Waals surface area contributed by atoms with Crippen LogP contribution in [0.3, 0.4) is 0 Å². The van der Waals surface area contributed by atoms with Crippen LogP contribution in [-0.2, 0) is 4.79 Å². The van der Waals surface area contributed by atoms with Gasteiger partial charge in [-0.2, -0.15) is 0 Å². The van der Waals surface area contributed by atoms with E-state index in [1.807, 2.05) is 25.1 Å². The first kappa shape index (κ1) is 16.0. The topological polar surface area (TPSA) is 61.4 Å². The zero-order valence-corrected chi connectivity index (χ0v) is 13.3. The van der Waals surface area contributed by atoms with Gasteiger partial charge in [0, 0.05) is 24.3 Å². The first-order valence-electron chi connectivity index (χ1n) is 7.71. The monoisotopic (exact) mass is 327 g/mol. The number of anilines is 2. The maximum absolute atomic E-state index is 13.3. The van der Waals surface area contributed by atoms with Gasteiger partial charge in [-0.3, -0.25) is 4.79 Å². The number of carbonyl (C=O) groups is 2. The van der Waals surface area contributed by atoms with Crippen molar-refractivity contribution < 1.29 is 14.0 Å². The summed E-state index contributed by atoms with van der Waals surface area (Å²) in [5, 5.41) is 5.53. The lowest BCUT2D eigenvalue weighted by molar-refractivity contribution is -0.117. The number of amides is 3. The molecule has 1 fully saturated rings. The summed E-state index contributed by atoms with van der Waals surface area (Å²) in [4.78, 5) is 25.7. The van der Waals surface area contributed by atoms with Crippen molar-refractivity contribution >= 4 is 23.3 Å². The van der Waals surface area contributed by atoms with E-state index in [1.54, 1.807) is 18.2 Å². The van der Waals surface area contributed by atoms with Crippen molar-refractivity contribution in [2.75, 3.05) is 16.8 Å². The molecule has 0 bridgehead atoms. The van der Waals surface area contributed by atoms with Crippen molar-refractivity contribution in [3.8, 4) is 0 Å². The smallest absolute Gasteiger partial charge is 0.319 e. The minimum atomic E-state index is -0.395. The van der Waals surface area contributed by atoms with Crippen molar-refractivity contribution in [2.45, 2.75) is 19.4 Å². The van der Waals surface area contributed by atoms with Gasteiger partial charge in [-0.1, -0.05) is 18.2 Å². The molecule has 1 aliphatic rings. The Morgan fingerprint density at radius 1 is 1.21 bits per heavy atom. The molecule has 1 saturated heterocycles. The maximum Gasteiger partial charge on any atom is 0.319 e. The number of rotatable bonds is 3. The Morgan fingerprint density at radius 3 is 2.75 bits per heavy atom. The molecular formula is C18H18FN3O2. The molecule has 1 aliphatic heterocycles. The Labute approximate surface area is 139 Å². The van der Waals surface area contributed by atoms with E-state index >= 15 is 0 Å². The number of nitrogens with zero attached hydrogens (tertiary/aromatic N) is 1. The van der Waals surface area contributed by atoms with Gasteiger partial charge < -0.3 is 15.5 Å². The molecule has 1 atom stereocenters. The van der Waals surface area contributed by atoms with Gasteiger partial charge in [0.05, 0.1) is 6.04 Å². The predicted molar refractivity (Wildman–Crippen MR) is 90.5 cm³/mol. The second-order valence-electron chi connectivity index (χ2n) is 5.85. The largest absolute Gasteiger partial charge is 0.333 e. The van der Waals surface area contributed by atoms with E-state index in [2.05, 4.69) is 10.6 Å². The summed E-state index contributed by atoms with van der Waals surface area (Å²) in [5.41, 5.74) is 2.24. The van der Waals surface area contributed by atoms with Crippen molar-refractivity contribution in [1.29, 1.82) is 0 Å². The maximum atomic E-state index is 13.3. The molecule has 2 N–H and O–H groups in total. The minimum absolute atomic E-state index is 0.138. The highest BCUT2D eigenvalue weighted by Gasteiger charge is 2.31. The van der Waals surface area contributed by atoms with Gasteiger partial charge in [0.1, 0.15) is 5.82 Å². The molecule has 5 nitrogen and oxygen atoms in total. The molecule has 0 unspecified atom stereocenters. The lowest BCUT2D eigenvalue weighted by Gasteiger charge is -2.17. The number of aryl methyl sites for hydroxylation is 1. The van der Waals surface area contributed by atoms with Crippen molar-refractivity contribution in [3.05, 3.63) is 59.9 Å². The average molecular weight is 327 g/mol. The molecule has 1 heterocycles. The number of nitrogens with one attached hydrogen (secondary N) is 2. The summed E-state index contributed by atoms with van der Waals surface area (Å²) in [7, 11) is 0. The molecule has 0 saturated carbocycles. The van der Waals surface area contributed by atoms with Crippen LogP contribution in [0.2, 0.25) is 0 Å². The Balaban J connectivity index is 1.61.